The Morgan fingerprint density at radius 3 is 2.67 bits per heavy atom. The van der Waals surface area contributed by atoms with Gasteiger partial charge in [0.15, 0.2) is 0 Å². The van der Waals surface area contributed by atoms with E-state index in [1.165, 1.54) is 12.1 Å². The SMILES string of the molecule is COc1cc(C(=O)N(N)[C@@H]2CN3CCC2CC3)ccc1N. The Morgan fingerprint density at radius 1 is 1.38 bits per heavy atom. The van der Waals surface area contributed by atoms with Crippen LogP contribution in [0.15, 0.2) is 18.2 Å². The van der Waals surface area contributed by atoms with Gasteiger partial charge in [0.2, 0.25) is 0 Å². The van der Waals surface area contributed by atoms with Crippen molar-refractivity contribution >= 4 is 11.6 Å². The number of ether oxygens (including phenoxy) is 1. The van der Waals surface area contributed by atoms with Crippen molar-refractivity contribution in [1.29, 1.82) is 0 Å². The first-order valence-electron chi connectivity index (χ1n) is 7.34. The smallest absolute Gasteiger partial charge is 0.268 e. The molecule has 4 N–H and O–H groups in total. The number of fused-ring (bicyclic) bond motifs is 3. The number of methoxy groups -OCH3 is 1. The third kappa shape index (κ3) is 2.56. The maximum atomic E-state index is 12.6. The van der Waals surface area contributed by atoms with Gasteiger partial charge < -0.3 is 15.4 Å². The van der Waals surface area contributed by atoms with Crippen molar-refractivity contribution in [3.8, 4) is 5.75 Å². The van der Waals surface area contributed by atoms with Crippen molar-refractivity contribution < 1.29 is 9.53 Å². The Morgan fingerprint density at radius 2 is 2.10 bits per heavy atom. The normalized spacial score (nSPS) is 27.4. The molecule has 114 valence electrons. The van der Waals surface area contributed by atoms with Crippen LogP contribution in [0.25, 0.3) is 0 Å². The second-order valence-corrected chi connectivity index (χ2v) is 5.87. The van der Waals surface area contributed by atoms with E-state index in [1.807, 2.05) is 0 Å². The molecule has 0 spiro atoms. The summed E-state index contributed by atoms with van der Waals surface area (Å²) in [6.07, 6.45) is 2.24. The maximum Gasteiger partial charge on any atom is 0.268 e. The number of carbonyl (C=O) groups is 1. The van der Waals surface area contributed by atoms with Crippen molar-refractivity contribution in [1.82, 2.24) is 9.91 Å². The molecule has 21 heavy (non-hydrogen) atoms. The highest BCUT2D eigenvalue weighted by atomic mass is 16.5. The van der Waals surface area contributed by atoms with Crippen molar-refractivity contribution in [2.75, 3.05) is 32.5 Å². The van der Waals surface area contributed by atoms with Crippen LogP contribution in [-0.2, 0) is 0 Å². The van der Waals surface area contributed by atoms with Crippen LogP contribution < -0.4 is 16.3 Å². The third-order valence-corrected chi connectivity index (χ3v) is 4.69. The summed E-state index contributed by atoms with van der Waals surface area (Å²) in [4.78, 5) is 15.0. The van der Waals surface area contributed by atoms with E-state index >= 15 is 0 Å². The molecule has 0 saturated carbocycles. The molecule has 0 unspecified atom stereocenters. The van der Waals surface area contributed by atoms with Crippen molar-refractivity contribution in [3.63, 3.8) is 0 Å². The minimum Gasteiger partial charge on any atom is -0.495 e. The fraction of sp³-hybridized carbons (Fsp3) is 0.533. The molecule has 6 nitrogen and oxygen atoms in total. The van der Waals surface area contributed by atoms with E-state index in [9.17, 15) is 4.79 Å². The molecule has 1 aromatic carbocycles. The number of nitrogens with zero attached hydrogens (tertiary/aromatic N) is 2. The van der Waals surface area contributed by atoms with Crippen molar-refractivity contribution in [2.24, 2.45) is 11.8 Å². The number of hydrogen-bond acceptors (Lipinski definition) is 5. The number of benzene rings is 1. The Hall–Kier alpha value is -1.79. The Balaban J connectivity index is 1.78. The summed E-state index contributed by atoms with van der Waals surface area (Å²) in [6, 6.07) is 5.13. The number of nitrogen functional groups attached to an aromatic ring is 1. The zero-order valence-corrected chi connectivity index (χ0v) is 12.3. The summed E-state index contributed by atoms with van der Waals surface area (Å²) in [6.45, 7) is 3.12. The quantitative estimate of drug-likeness (QED) is 0.370. The molecule has 3 aliphatic rings. The average molecular weight is 290 g/mol. The predicted molar refractivity (Wildman–Crippen MR) is 80.7 cm³/mol. The summed E-state index contributed by atoms with van der Waals surface area (Å²) < 4.78 is 5.17. The standard InChI is InChI=1S/C15H22N4O2/c1-21-14-8-11(2-3-12(14)16)15(20)19(17)13-9-18-6-4-10(13)5-7-18/h2-3,8,10,13H,4-7,9,16-17H2,1H3/t13-/m1/s1. The highest BCUT2D eigenvalue weighted by Crippen LogP contribution is 2.31. The molecule has 4 rings (SSSR count). The van der Waals surface area contributed by atoms with Gasteiger partial charge in [0.05, 0.1) is 18.8 Å². The fourth-order valence-electron chi connectivity index (χ4n) is 3.39. The summed E-state index contributed by atoms with van der Waals surface area (Å²) in [5.74, 6) is 6.97. The Labute approximate surface area is 124 Å². The molecule has 6 heteroatoms. The minimum absolute atomic E-state index is 0.101. The van der Waals surface area contributed by atoms with Crippen molar-refractivity contribution in [3.05, 3.63) is 23.8 Å². The van der Waals surface area contributed by atoms with Crippen LogP contribution in [0.3, 0.4) is 0 Å². The lowest BCUT2D eigenvalue weighted by Crippen LogP contribution is -2.60. The van der Waals surface area contributed by atoms with E-state index < -0.39 is 0 Å². The molecule has 1 amide bonds. The molecule has 2 bridgehead atoms. The highest BCUT2D eigenvalue weighted by molar-refractivity contribution is 5.95. The van der Waals surface area contributed by atoms with Crippen LogP contribution in [0, 0.1) is 5.92 Å². The van der Waals surface area contributed by atoms with E-state index in [4.69, 9.17) is 16.3 Å². The maximum absolute atomic E-state index is 12.6. The van der Waals surface area contributed by atoms with E-state index in [0.717, 1.165) is 32.5 Å². The van der Waals surface area contributed by atoms with Crippen LogP contribution in [0.5, 0.6) is 5.75 Å². The lowest BCUT2D eigenvalue weighted by Gasteiger charge is -2.47. The Kier molecular flexibility index (Phi) is 3.73. The van der Waals surface area contributed by atoms with Crippen LogP contribution >= 0.6 is 0 Å². The number of carbonyl (C=O) groups excluding carboxylic acids is 1. The van der Waals surface area contributed by atoms with Gasteiger partial charge >= 0.3 is 0 Å². The lowest BCUT2D eigenvalue weighted by atomic mass is 9.83. The van der Waals surface area contributed by atoms with Gasteiger partial charge in [-0.3, -0.25) is 9.80 Å². The Bertz CT molecular complexity index is 540. The molecule has 0 aromatic heterocycles. The molecular formula is C15H22N4O2. The summed E-state index contributed by atoms with van der Waals surface area (Å²) >= 11 is 0. The van der Waals surface area contributed by atoms with Crippen LogP contribution in [0.2, 0.25) is 0 Å². The highest BCUT2D eigenvalue weighted by Gasteiger charge is 2.38. The van der Waals surface area contributed by atoms with Gasteiger partial charge in [-0.2, -0.15) is 0 Å². The monoisotopic (exact) mass is 290 g/mol. The molecule has 0 radical (unpaired) electrons. The van der Waals surface area contributed by atoms with E-state index in [1.54, 1.807) is 18.2 Å². The lowest BCUT2D eigenvalue weighted by molar-refractivity contribution is 0.00709. The number of anilines is 1. The number of amides is 1. The number of hydrazine groups is 1. The third-order valence-electron chi connectivity index (χ3n) is 4.69. The fourth-order valence-corrected chi connectivity index (χ4v) is 3.39. The first kappa shape index (κ1) is 14.2. The van der Waals surface area contributed by atoms with Crippen LogP contribution in [-0.4, -0.2) is 48.6 Å². The predicted octanol–water partition coefficient (Wildman–Crippen LogP) is 0.688. The first-order valence-corrected chi connectivity index (χ1v) is 7.34. The molecule has 3 saturated heterocycles. The molecule has 1 aromatic rings. The molecule has 3 aliphatic heterocycles. The topological polar surface area (TPSA) is 84.8 Å². The van der Waals surface area contributed by atoms with Gasteiger partial charge in [0.1, 0.15) is 5.75 Å². The van der Waals surface area contributed by atoms with E-state index in [2.05, 4.69) is 4.90 Å². The molecule has 0 aliphatic carbocycles. The minimum atomic E-state index is -0.174. The van der Waals surface area contributed by atoms with Gasteiger partial charge in [-0.1, -0.05) is 0 Å². The van der Waals surface area contributed by atoms with Gasteiger partial charge in [0.25, 0.3) is 5.91 Å². The van der Waals surface area contributed by atoms with Gasteiger partial charge in [-0.05, 0) is 50.0 Å². The number of piperidine rings is 3. The molecular weight excluding hydrogens is 268 g/mol. The number of nitrogens with two attached hydrogens (primary N) is 2. The molecule has 3 heterocycles. The summed E-state index contributed by atoms with van der Waals surface area (Å²) in [5, 5.41) is 1.40. The first-order chi connectivity index (χ1) is 10.1. The van der Waals surface area contributed by atoms with E-state index in [0.29, 0.717) is 22.9 Å². The zero-order chi connectivity index (χ0) is 15.0. The second kappa shape index (κ2) is 5.54. The zero-order valence-electron chi connectivity index (χ0n) is 12.3. The molecule has 1 atom stereocenters. The summed E-state index contributed by atoms with van der Waals surface area (Å²) in [5.41, 5.74) is 6.81. The average Bonchev–Trinajstić information content (AvgIpc) is 2.55. The van der Waals surface area contributed by atoms with Crippen LogP contribution in [0.1, 0.15) is 23.2 Å². The largest absolute Gasteiger partial charge is 0.495 e. The van der Waals surface area contributed by atoms with Gasteiger partial charge in [-0.15, -0.1) is 0 Å². The van der Waals surface area contributed by atoms with Gasteiger partial charge in [0, 0.05) is 12.1 Å². The molecule has 3 fully saturated rings. The van der Waals surface area contributed by atoms with E-state index in [-0.39, 0.29) is 11.9 Å². The van der Waals surface area contributed by atoms with Crippen LogP contribution in [0.4, 0.5) is 5.69 Å². The number of rotatable bonds is 3. The van der Waals surface area contributed by atoms with Gasteiger partial charge in [-0.25, -0.2) is 5.84 Å². The number of hydrogen-bond donors (Lipinski definition) is 2. The van der Waals surface area contributed by atoms with Crippen molar-refractivity contribution in [2.45, 2.75) is 18.9 Å². The summed E-state index contributed by atoms with van der Waals surface area (Å²) in [7, 11) is 1.54. The second-order valence-electron chi connectivity index (χ2n) is 5.87.